The standard InChI is InChI=1S/C34H33FN2O4/c1-20-22(3)37(19-23-9-11-24(12-10-23)27-7-5-6-8-28(27)34(39)40)31-15-13-25(17-29(20)31)33(38)36-21(2)30-18-26(35)14-16-32(30)41-4/h5-13,15,17-18,21H,14,16,19H2,1-4H3,(H,36,38)(H,39,40). The van der Waals surface area contributed by atoms with Crippen molar-refractivity contribution in [2.75, 3.05) is 7.11 Å². The van der Waals surface area contributed by atoms with Crippen molar-refractivity contribution >= 4 is 22.8 Å². The lowest BCUT2D eigenvalue weighted by Gasteiger charge is -2.22. The molecular weight excluding hydrogens is 519 g/mol. The van der Waals surface area contributed by atoms with Crippen molar-refractivity contribution < 1.29 is 23.8 Å². The quantitative estimate of drug-likeness (QED) is 0.240. The maximum Gasteiger partial charge on any atom is 0.336 e. The summed E-state index contributed by atoms with van der Waals surface area (Å²) < 4.78 is 21.6. The van der Waals surface area contributed by atoms with Crippen LogP contribution in [0.3, 0.4) is 0 Å². The molecule has 1 atom stereocenters. The molecule has 6 nitrogen and oxygen atoms in total. The van der Waals surface area contributed by atoms with Crippen molar-refractivity contribution in [2.45, 2.75) is 46.2 Å². The van der Waals surface area contributed by atoms with Gasteiger partial charge in [-0.2, -0.15) is 0 Å². The molecule has 3 aromatic carbocycles. The summed E-state index contributed by atoms with van der Waals surface area (Å²) in [6.45, 7) is 6.58. The number of rotatable bonds is 8. The minimum Gasteiger partial charge on any atom is -0.501 e. The van der Waals surface area contributed by atoms with Crippen molar-refractivity contribution in [1.29, 1.82) is 0 Å². The number of carboxylic acid groups (broad SMARTS) is 1. The number of ether oxygens (including phenoxy) is 1. The van der Waals surface area contributed by atoms with Gasteiger partial charge in [-0.15, -0.1) is 0 Å². The van der Waals surface area contributed by atoms with Gasteiger partial charge in [0.1, 0.15) is 11.6 Å². The monoisotopic (exact) mass is 552 g/mol. The molecule has 1 amide bonds. The molecule has 0 radical (unpaired) electrons. The number of nitrogens with zero attached hydrogens (tertiary/aromatic N) is 1. The minimum absolute atomic E-state index is 0.213. The van der Waals surface area contributed by atoms with E-state index in [1.54, 1.807) is 19.2 Å². The van der Waals surface area contributed by atoms with Crippen LogP contribution >= 0.6 is 0 Å². The molecule has 0 saturated heterocycles. The number of carboxylic acids is 1. The number of carbonyl (C=O) groups is 2. The summed E-state index contributed by atoms with van der Waals surface area (Å²) in [6, 6.07) is 20.2. The first-order valence-corrected chi connectivity index (χ1v) is 13.6. The van der Waals surface area contributed by atoms with Crippen LogP contribution in [0.5, 0.6) is 0 Å². The molecule has 4 aromatic rings. The number of hydrogen-bond donors (Lipinski definition) is 2. The highest BCUT2D eigenvalue weighted by atomic mass is 19.1. The molecule has 7 heteroatoms. The molecule has 0 fully saturated rings. The number of aromatic carboxylic acids is 1. The Labute approximate surface area is 238 Å². The Morgan fingerprint density at radius 2 is 1.78 bits per heavy atom. The Balaban J connectivity index is 1.38. The fourth-order valence-corrected chi connectivity index (χ4v) is 5.53. The van der Waals surface area contributed by atoms with E-state index in [9.17, 15) is 19.1 Å². The van der Waals surface area contributed by atoms with Gasteiger partial charge >= 0.3 is 5.97 Å². The third kappa shape index (κ3) is 5.53. The Morgan fingerprint density at radius 1 is 1.05 bits per heavy atom. The molecule has 0 saturated carbocycles. The number of fused-ring (bicyclic) bond motifs is 1. The summed E-state index contributed by atoms with van der Waals surface area (Å²) in [6.07, 6.45) is 2.24. The van der Waals surface area contributed by atoms with Crippen LogP contribution in [0.25, 0.3) is 22.0 Å². The molecule has 41 heavy (non-hydrogen) atoms. The number of methoxy groups -OCH3 is 1. The maximum atomic E-state index is 14.0. The highest BCUT2D eigenvalue weighted by molar-refractivity contribution is 5.99. The van der Waals surface area contributed by atoms with Gasteiger partial charge in [0.05, 0.1) is 18.7 Å². The molecule has 5 rings (SSSR count). The van der Waals surface area contributed by atoms with Crippen LogP contribution in [-0.4, -0.2) is 34.7 Å². The number of allylic oxidation sites excluding steroid dienone is 2. The van der Waals surface area contributed by atoms with Crippen molar-refractivity contribution in [3.05, 3.63) is 118 Å². The van der Waals surface area contributed by atoms with Gasteiger partial charge in [-0.05, 0) is 73.4 Å². The fourth-order valence-electron chi connectivity index (χ4n) is 5.53. The van der Waals surface area contributed by atoms with Gasteiger partial charge in [-0.3, -0.25) is 4.79 Å². The number of hydrogen-bond acceptors (Lipinski definition) is 3. The molecule has 0 bridgehead atoms. The number of nitrogens with one attached hydrogen (secondary N) is 1. The Bertz CT molecular complexity index is 1710. The highest BCUT2D eigenvalue weighted by Crippen LogP contribution is 2.30. The first-order chi connectivity index (χ1) is 19.7. The van der Waals surface area contributed by atoms with E-state index in [0.717, 1.165) is 33.3 Å². The molecule has 1 unspecified atom stereocenters. The van der Waals surface area contributed by atoms with Gasteiger partial charge in [-0.25, -0.2) is 9.18 Å². The number of benzene rings is 3. The van der Waals surface area contributed by atoms with Crippen LogP contribution in [0.4, 0.5) is 4.39 Å². The zero-order chi connectivity index (χ0) is 29.3. The van der Waals surface area contributed by atoms with Crippen LogP contribution in [0.15, 0.2) is 90.0 Å². The maximum absolute atomic E-state index is 14.0. The summed E-state index contributed by atoms with van der Waals surface area (Å²) >= 11 is 0. The Hall–Kier alpha value is -4.65. The molecule has 0 spiro atoms. The summed E-state index contributed by atoms with van der Waals surface area (Å²) in [4.78, 5) is 24.8. The molecule has 210 valence electrons. The van der Waals surface area contributed by atoms with E-state index in [0.29, 0.717) is 41.8 Å². The second-order valence-corrected chi connectivity index (χ2v) is 10.4. The van der Waals surface area contributed by atoms with E-state index < -0.39 is 12.0 Å². The Kier molecular flexibility index (Phi) is 7.79. The molecule has 2 N–H and O–H groups in total. The van der Waals surface area contributed by atoms with Gasteiger partial charge in [0.2, 0.25) is 0 Å². The van der Waals surface area contributed by atoms with Crippen molar-refractivity contribution in [2.24, 2.45) is 0 Å². The zero-order valence-corrected chi connectivity index (χ0v) is 23.6. The van der Waals surface area contributed by atoms with Gasteiger partial charge in [-0.1, -0.05) is 42.5 Å². The van der Waals surface area contributed by atoms with E-state index in [1.807, 2.05) is 61.5 Å². The molecule has 1 aliphatic rings. The SMILES string of the molecule is COC1=C(C(C)NC(=O)c2ccc3c(c2)c(C)c(C)n3Cc2ccc(-c3ccccc3C(=O)O)cc2)C=C(F)CC1. The number of carbonyl (C=O) groups excluding carboxylic acids is 1. The summed E-state index contributed by atoms with van der Waals surface area (Å²) in [5.41, 5.74) is 7.29. The third-order valence-corrected chi connectivity index (χ3v) is 7.95. The molecule has 1 aliphatic carbocycles. The number of halogens is 1. The molecular formula is C34H33FN2O4. The Morgan fingerprint density at radius 3 is 2.49 bits per heavy atom. The van der Waals surface area contributed by atoms with E-state index in [1.165, 1.54) is 6.08 Å². The summed E-state index contributed by atoms with van der Waals surface area (Å²) in [7, 11) is 1.57. The predicted octanol–water partition coefficient (Wildman–Crippen LogP) is 7.34. The number of amides is 1. The first-order valence-electron chi connectivity index (χ1n) is 13.6. The van der Waals surface area contributed by atoms with Crippen molar-refractivity contribution in [3.8, 4) is 11.1 Å². The molecule has 0 aliphatic heterocycles. The first kappa shape index (κ1) is 27.9. The summed E-state index contributed by atoms with van der Waals surface area (Å²) in [5.74, 6) is -0.704. The van der Waals surface area contributed by atoms with Crippen LogP contribution < -0.4 is 5.32 Å². The van der Waals surface area contributed by atoms with Crippen LogP contribution in [0.2, 0.25) is 0 Å². The number of aryl methyl sites for hydroxylation is 1. The van der Waals surface area contributed by atoms with Gasteiger partial charge < -0.3 is 19.7 Å². The normalized spacial score (nSPS) is 14.1. The van der Waals surface area contributed by atoms with Gasteiger partial charge in [0.15, 0.2) is 0 Å². The molecule has 1 heterocycles. The average molecular weight is 553 g/mol. The number of aromatic nitrogens is 1. The second kappa shape index (κ2) is 11.5. The molecule has 1 aromatic heterocycles. The second-order valence-electron chi connectivity index (χ2n) is 10.4. The minimum atomic E-state index is -0.950. The average Bonchev–Trinajstić information content (AvgIpc) is 3.21. The lowest BCUT2D eigenvalue weighted by molar-refractivity contribution is 0.0697. The highest BCUT2D eigenvalue weighted by Gasteiger charge is 2.22. The fraction of sp³-hybridized carbons (Fsp3) is 0.235. The van der Waals surface area contributed by atoms with Gasteiger partial charge in [0, 0.05) is 47.1 Å². The van der Waals surface area contributed by atoms with E-state index in [-0.39, 0.29) is 17.3 Å². The lowest BCUT2D eigenvalue weighted by atomic mass is 9.98. The third-order valence-electron chi connectivity index (χ3n) is 7.95. The lowest BCUT2D eigenvalue weighted by Crippen LogP contribution is -2.34. The topological polar surface area (TPSA) is 80.6 Å². The van der Waals surface area contributed by atoms with Crippen LogP contribution in [0.1, 0.15) is 57.3 Å². The van der Waals surface area contributed by atoms with E-state index in [2.05, 4.69) is 23.7 Å². The van der Waals surface area contributed by atoms with Crippen molar-refractivity contribution in [1.82, 2.24) is 9.88 Å². The predicted molar refractivity (Wildman–Crippen MR) is 159 cm³/mol. The largest absolute Gasteiger partial charge is 0.501 e. The van der Waals surface area contributed by atoms with Crippen LogP contribution in [-0.2, 0) is 11.3 Å². The van der Waals surface area contributed by atoms with Crippen LogP contribution in [0, 0.1) is 13.8 Å². The zero-order valence-electron chi connectivity index (χ0n) is 23.6. The smallest absolute Gasteiger partial charge is 0.336 e. The van der Waals surface area contributed by atoms with E-state index in [4.69, 9.17) is 4.74 Å². The van der Waals surface area contributed by atoms with E-state index >= 15 is 0 Å². The van der Waals surface area contributed by atoms with Gasteiger partial charge in [0.25, 0.3) is 5.91 Å². The van der Waals surface area contributed by atoms with Crippen molar-refractivity contribution in [3.63, 3.8) is 0 Å². The summed E-state index contributed by atoms with van der Waals surface area (Å²) in [5, 5.41) is 13.5.